The highest BCUT2D eigenvalue weighted by atomic mass is 16.7. The van der Waals surface area contributed by atoms with E-state index in [1.54, 1.807) is 13.3 Å². The fraction of sp³-hybridized carbons (Fsp3) is 0.267. The van der Waals surface area contributed by atoms with Crippen molar-refractivity contribution in [2.24, 2.45) is 0 Å². The molecule has 4 heteroatoms. The van der Waals surface area contributed by atoms with Gasteiger partial charge in [-0.3, -0.25) is 4.98 Å². The van der Waals surface area contributed by atoms with E-state index in [1.165, 1.54) is 0 Å². The number of para-hydroxylation sites is 1. The Morgan fingerprint density at radius 3 is 2.58 bits per heavy atom. The molecule has 1 aliphatic rings. The van der Waals surface area contributed by atoms with Crippen LogP contribution in [0.1, 0.15) is 11.9 Å². The molecule has 0 atom stereocenters. The van der Waals surface area contributed by atoms with Crippen molar-refractivity contribution < 1.29 is 14.2 Å². The van der Waals surface area contributed by atoms with Crippen LogP contribution in [0.4, 0.5) is 0 Å². The molecule has 3 rings (SSSR count). The van der Waals surface area contributed by atoms with Crippen LogP contribution in [-0.4, -0.2) is 25.3 Å². The molecule has 1 fully saturated rings. The van der Waals surface area contributed by atoms with E-state index in [2.05, 4.69) is 4.98 Å². The number of aromatic nitrogens is 1. The fourth-order valence-electron chi connectivity index (χ4n) is 2.11. The predicted molar refractivity (Wildman–Crippen MR) is 70.9 cm³/mol. The summed E-state index contributed by atoms with van der Waals surface area (Å²) in [5.74, 6) is 0.816. The van der Waals surface area contributed by atoms with E-state index >= 15 is 0 Å². The molecule has 2 aromatic rings. The van der Waals surface area contributed by atoms with Crippen LogP contribution in [0.3, 0.4) is 0 Å². The van der Waals surface area contributed by atoms with Gasteiger partial charge in [0.15, 0.2) is 6.29 Å². The van der Waals surface area contributed by atoms with E-state index in [-0.39, 0.29) is 6.29 Å². The Balaban J connectivity index is 1.89. The summed E-state index contributed by atoms with van der Waals surface area (Å²) in [5.41, 5.74) is 2.79. The van der Waals surface area contributed by atoms with Crippen LogP contribution in [0.2, 0.25) is 0 Å². The number of rotatable bonds is 3. The molecule has 1 saturated heterocycles. The lowest BCUT2D eigenvalue weighted by Crippen LogP contribution is -1.99. The lowest BCUT2D eigenvalue weighted by Gasteiger charge is -2.11. The van der Waals surface area contributed by atoms with Gasteiger partial charge in [0, 0.05) is 17.3 Å². The third-order valence-corrected chi connectivity index (χ3v) is 3.06. The highest BCUT2D eigenvalue weighted by Gasteiger charge is 2.18. The molecule has 4 nitrogen and oxygen atoms in total. The summed E-state index contributed by atoms with van der Waals surface area (Å²) in [7, 11) is 1.66. The van der Waals surface area contributed by atoms with Crippen LogP contribution in [0.25, 0.3) is 11.3 Å². The normalized spacial score (nSPS) is 15.6. The molecular weight excluding hydrogens is 242 g/mol. The Morgan fingerprint density at radius 1 is 1.11 bits per heavy atom. The number of methoxy groups -OCH3 is 1. The second-order valence-electron chi connectivity index (χ2n) is 4.25. The topological polar surface area (TPSA) is 40.6 Å². The van der Waals surface area contributed by atoms with Gasteiger partial charge in [-0.2, -0.15) is 0 Å². The van der Waals surface area contributed by atoms with Gasteiger partial charge in [0.1, 0.15) is 5.75 Å². The average molecular weight is 257 g/mol. The molecule has 1 aromatic heterocycles. The number of hydrogen-bond acceptors (Lipinski definition) is 4. The molecule has 0 amide bonds. The van der Waals surface area contributed by atoms with Crippen LogP contribution < -0.4 is 4.74 Å². The van der Waals surface area contributed by atoms with Crippen molar-refractivity contribution >= 4 is 0 Å². The summed E-state index contributed by atoms with van der Waals surface area (Å²) in [4.78, 5) is 4.46. The molecule has 0 radical (unpaired) electrons. The van der Waals surface area contributed by atoms with E-state index < -0.39 is 0 Å². The molecule has 0 saturated carbocycles. The Morgan fingerprint density at radius 2 is 1.89 bits per heavy atom. The maximum Gasteiger partial charge on any atom is 0.185 e. The van der Waals surface area contributed by atoms with Crippen LogP contribution in [-0.2, 0) is 9.47 Å². The summed E-state index contributed by atoms with van der Waals surface area (Å²) in [6.45, 7) is 1.28. The highest BCUT2D eigenvalue weighted by molar-refractivity contribution is 5.66. The van der Waals surface area contributed by atoms with Gasteiger partial charge in [0.05, 0.1) is 26.0 Å². The SMILES string of the molecule is COc1ccccc1-c1ccc(C2OCCO2)cn1. The number of hydrogen-bond donors (Lipinski definition) is 0. The quantitative estimate of drug-likeness (QED) is 0.847. The van der Waals surface area contributed by atoms with Gasteiger partial charge < -0.3 is 14.2 Å². The third kappa shape index (κ3) is 2.45. The standard InChI is InChI=1S/C15H15NO3/c1-17-14-5-3-2-4-12(14)13-7-6-11(10-16-13)15-18-8-9-19-15/h2-7,10,15H,8-9H2,1H3. The Kier molecular flexibility index (Phi) is 3.44. The van der Waals surface area contributed by atoms with Gasteiger partial charge in [-0.25, -0.2) is 0 Å². The zero-order valence-electron chi connectivity index (χ0n) is 10.7. The van der Waals surface area contributed by atoms with E-state index in [0.29, 0.717) is 13.2 Å². The smallest absolute Gasteiger partial charge is 0.185 e. The highest BCUT2D eigenvalue weighted by Crippen LogP contribution is 2.29. The van der Waals surface area contributed by atoms with Crippen molar-refractivity contribution in [2.75, 3.05) is 20.3 Å². The molecule has 0 N–H and O–H groups in total. The lowest BCUT2D eigenvalue weighted by molar-refractivity contribution is -0.0443. The molecule has 0 spiro atoms. The van der Waals surface area contributed by atoms with Crippen molar-refractivity contribution in [3.05, 3.63) is 48.2 Å². The monoisotopic (exact) mass is 257 g/mol. The molecule has 1 aromatic carbocycles. The maximum atomic E-state index is 5.44. The van der Waals surface area contributed by atoms with E-state index in [9.17, 15) is 0 Å². The van der Waals surface area contributed by atoms with E-state index in [0.717, 1.165) is 22.6 Å². The first-order valence-electron chi connectivity index (χ1n) is 6.21. The second kappa shape index (κ2) is 5.38. The number of pyridine rings is 1. The predicted octanol–water partition coefficient (Wildman–Crippen LogP) is 2.80. The third-order valence-electron chi connectivity index (χ3n) is 3.06. The summed E-state index contributed by atoms with van der Waals surface area (Å²) >= 11 is 0. The summed E-state index contributed by atoms with van der Waals surface area (Å²) < 4.78 is 16.2. The molecule has 0 bridgehead atoms. The number of ether oxygens (including phenoxy) is 3. The van der Waals surface area contributed by atoms with Crippen molar-refractivity contribution in [1.29, 1.82) is 0 Å². The first-order chi connectivity index (χ1) is 9.38. The molecule has 98 valence electrons. The van der Waals surface area contributed by atoms with Gasteiger partial charge >= 0.3 is 0 Å². The summed E-state index contributed by atoms with van der Waals surface area (Å²) in [6.07, 6.45) is 1.51. The van der Waals surface area contributed by atoms with Crippen LogP contribution in [0, 0.1) is 0 Å². The largest absolute Gasteiger partial charge is 0.496 e. The zero-order chi connectivity index (χ0) is 13.1. The minimum Gasteiger partial charge on any atom is -0.496 e. The van der Waals surface area contributed by atoms with Gasteiger partial charge in [0.2, 0.25) is 0 Å². The zero-order valence-corrected chi connectivity index (χ0v) is 10.7. The lowest BCUT2D eigenvalue weighted by atomic mass is 10.1. The van der Waals surface area contributed by atoms with Gasteiger partial charge in [0.25, 0.3) is 0 Å². The van der Waals surface area contributed by atoms with Crippen molar-refractivity contribution in [2.45, 2.75) is 6.29 Å². The Labute approximate surface area is 112 Å². The summed E-state index contributed by atoms with van der Waals surface area (Å²) in [6, 6.07) is 11.8. The average Bonchev–Trinajstić information content (AvgIpc) is 3.02. The molecule has 0 aliphatic carbocycles. The Bertz CT molecular complexity index is 548. The van der Waals surface area contributed by atoms with Gasteiger partial charge in [-0.05, 0) is 18.2 Å². The van der Waals surface area contributed by atoms with E-state index in [4.69, 9.17) is 14.2 Å². The molecule has 2 heterocycles. The fourth-order valence-corrected chi connectivity index (χ4v) is 2.11. The Hall–Kier alpha value is -1.91. The first-order valence-corrected chi connectivity index (χ1v) is 6.21. The number of nitrogens with zero attached hydrogens (tertiary/aromatic N) is 1. The number of benzene rings is 1. The van der Waals surface area contributed by atoms with Gasteiger partial charge in [-0.15, -0.1) is 0 Å². The van der Waals surface area contributed by atoms with E-state index in [1.807, 2.05) is 36.4 Å². The molecular formula is C15H15NO3. The molecule has 19 heavy (non-hydrogen) atoms. The maximum absolute atomic E-state index is 5.44. The minimum atomic E-state index is -0.279. The van der Waals surface area contributed by atoms with Crippen molar-refractivity contribution in [3.63, 3.8) is 0 Å². The minimum absolute atomic E-state index is 0.279. The molecule has 0 unspecified atom stereocenters. The van der Waals surface area contributed by atoms with Crippen molar-refractivity contribution in [1.82, 2.24) is 4.98 Å². The van der Waals surface area contributed by atoms with Crippen LogP contribution >= 0.6 is 0 Å². The molecule has 1 aliphatic heterocycles. The van der Waals surface area contributed by atoms with Gasteiger partial charge in [-0.1, -0.05) is 18.2 Å². The van der Waals surface area contributed by atoms with Crippen LogP contribution in [0.15, 0.2) is 42.6 Å². The second-order valence-corrected chi connectivity index (χ2v) is 4.25. The summed E-state index contributed by atoms with van der Waals surface area (Å²) in [5, 5.41) is 0. The first kappa shape index (κ1) is 12.1. The van der Waals surface area contributed by atoms with Crippen LogP contribution in [0.5, 0.6) is 5.75 Å². The van der Waals surface area contributed by atoms with Crippen molar-refractivity contribution in [3.8, 4) is 17.0 Å².